The Hall–Kier alpha value is -3.20. The van der Waals surface area contributed by atoms with Gasteiger partial charge in [0.2, 0.25) is 0 Å². The Morgan fingerprint density at radius 2 is 1.15 bits per heavy atom. The Bertz CT molecular complexity index is 1180. The summed E-state index contributed by atoms with van der Waals surface area (Å²) in [7, 11) is 2.12. The molecular formula is C32H33NO. The summed E-state index contributed by atoms with van der Waals surface area (Å²) < 4.78 is 0. The molecule has 2 nitrogen and oxygen atoms in total. The molecule has 0 amide bonds. The fourth-order valence-electron chi connectivity index (χ4n) is 5.18. The molecule has 0 aliphatic heterocycles. The Labute approximate surface area is 203 Å². The van der Waals surface area contributed by atoms with Gasteiger partial charge in [-0.05, 0) is 71.7 Å². The third kappa shape index (κ3) is 4.99. The SMILES string of the molecule is CN(Cc1cc2ccc1CCc1ccc(cc1)CC2)CC(O)(c1ccccc1)c1ccccc1. The van der Waals surface area contributed by atoms with Crippen LogP contribution in [0, 0.1) is 0 Å². The normalized spacial score (nSPS) is 13.6. The molecule has 34 heavy (non-hydrogen) atoms. The van der Waals surface area contributed by atoms with Crippen LogP contribution in [0.5, 0.6) is 0 Å². The molecule has 0 unspecified atom stereocenters. The highest BCUT2D eigenvalue weighted by Gasteiger charge is 2.32. The third-order valence-electron chi connectivity index (χ3n) is 7.12. The van der Waals surface area contributed by atoms with Crippen LogP contribution < -0.4 is 0 Å². The van der Waals surface area contributed by atoms with E-state index < -0.39 is 5.60 Å². The molecule has 4 aromatic carbocycles. The summed E-state index contributed by atoms with van der Waals surface area (Å²) in [6.07, 6.45) is 4.20. The highest BCUT2D eigenvalue weighted by atomic mass is 16.3. The van der Waals surface area contributed by atoms with Gasteiger partial charge >= 0.3 is 0 Å². The Balaban J connectivity index is 1.41. The van der Waals surface area contributed by atoms with Crippen LogP contribution in [0.25, 0.3) is 0 Å². The average molecular weight is 448 g/mol. The van der Waals surface area contributed by atoms with Crippen LogP contribution in [-0.4, -0.2) is 23.6 Å². The molecule has 0 aromatic heterocycles. The van der Waals surface area contributed by atoms with Crippen molar-refractivity contribution >= 4 is 0 Å². The van der Waals surface area contributed by atoms with Crippen molar-refractivity contribution in [3.05, 3.63) is 142 Å². The minimum Gasteiger partial charge on any atom is -0.379 e. The molecular weight excluding hydrogens is 414 g/mol. The predicted octanol–water partition coefficient (Wildman–Crippen LogP) is 5.94. The van der Waals surface area contributed by atoms with Gasteiger partial charge < -0.3 is 5.11 Å². The molecule has 4 aliphatic carbocycles. The second-order valence-corrected chi connectivity index (χ2v) is 9.68. The summed E-state index contributed by atoms with van der Waals surface area (Å²) in [5.41, 5.74) is 7.74. The van der Waals surface area contributed by atoms with Crippen molar-refractivity contribution in [1.29, 1.82) is 0 Å². The summed E-state index contributed by atoms with van der Waals surface area (Å²) in [5.74, 6) is 0. The van der Waals surface area contributed by atoms with Crippen molar-refractivity contribution < 1.29 is 5.11 Å². The van der Waals surface area contributed by atoms with E-state index >= 15 is 0 Å². The van der Waals surface area contributed by atoms with E-state index in [2.05, 4.69) is 54.4 Å². The van der Waals surface area contributed by atoms with Gasteiger partial charge in [0.15, 0.2) is 0 Å². The first kappa shape index (κ1) is 22.6. The Morgan fingerprint density at radius 1 is 0.647 bits per heavy atom. The smallest absolute Gasteiger partial charge is 0.127 e. The average Bonchev–Trinajstić information content (AvgIpc) is 2.87. The summed E-state index contributed by atoms with van der Waals surface area (Å²) in [5, 5.41) is 12.0. The van der Waals surface area contributed by atoms with E-state index in [0.717, 1.165) is 43.4 Å². The van der Waals surface area contributed by atoms with Crippen LogP contribution in [0.3, 0.4) is 0 Å². The lowest BCUT2D eigenvalue weighted by Crippen LogP contribution is -2.40. The van der Waals surface area contributed by atoms with Crippen LogP contribution in [0.1, 0.15) is 38.9 Å². The summed E-state index contributed by atoms with van der Waals surface area (Å²) >= 11 is 0. The first-order valence-corrected chi connectivity index (χ1v) is 12.3. The number of hydrogen-bond acceptors (Lipinski definition) is 2. The lowest BCUT2D eigenvalue weighted by Gasteiger charge is -2.34. The van der Waals surface area contributed by atoms with Gasteiger partial charge in [-0.25, -0.2) is 0 Å². The number of aliphatic hydroxyl groups is 1. The van der Waals surface area contributed by atoms with E-state index in [-0.39, 0.29) is 0 Å². The van der Waals surface area contributed by atoms with Crippen molar-refractivity contribution in [2.75, 3.05) is 13.6 Å². The van der Waals surface area contributed by atoms with Gasteiger partial charge in [-0.3, -0.25) is 4.90 Å². The fourth-order valence-corrected chi connectivity index (χ4v) is 5.18. The van der Waals surface area contributed by atoms with Gasteiger partial charge in [-0.2, -0.15) is 0 Å². The molecule has 172 valence electrons. The zero-order valence-corrected chi connectivity index (χ0v) is 20.0. The summed E-state index contributed by atoms with van der Waals surface area (Å²) in [4.78, 5) is 2.27. The largest absolute Gasteiger partial charge is 0.379 e. The summed E-state index contributed by atoms with van der Waals surface area (Å²) in [6.45, 7) is 1.33. The zero-order valence-electron chi connectivity index (χ0n) is 20.0. The van der Waals surface area contributed by atoms with Crippen molar-refractivity contribution in [2.45, 2.75) is 37.8 Å². The number of likely N-dealkylation sites (N-methyl/N-ethyl adjacent to an activating group) is 1. The number of rotatable bonds is 6. The quantitative estimate of drug-likeness (QED) is 0.395. The highest BCUT2D eigenvalue weighted by Crippen LogP contribution is 2.31. The molecule has 4 aromatic rings. The zero-order chi connectivity index (χ0) is 23.4. The number of benzene rings is 4. The fraction of sp³-hybridized carbons (Fsp3) is 0.250. The van der Waals surface area contributed by atoms with E-state index in [9.17, 15) is 5.11 Å². The topological polar surface area (TPSA) is 23.5 Å². The molecule has 0 saturated heterocycles. The van der Waals surface area contributed by atoms with E-state index in [0.29, 0.717) is 6.54 Å². The highest BCUT2D eigenvalue weighted by molar-refractivity contribution is 5.38. The minimum absolute atomic E-state index is 0.519. The Morgan fingerprint density at radius 3 is 1.74 bits per heavy atom. The molecule has 4 bridgehead atoms. The van der Waals surface area contributed by atoms with Crippen molar-refractivity contribution in [3.63, 3.8) is 0 Å². The number of nitrogens with zero attached hydrogens (tertiary/aromatic N) is 1. The van der Waals surface area contributed by atoms with Gasteiger partial charge in [-0.15, -0.1) is 0 Å². The molecule has 8 rings (SSSR count). The van der Waals surface area contributed by atoms with E-state index in [1.165, 1.54) is 27.8 Å². The van der Waals surface area contributed by atoms with Crippen LogP contribution in [0.4, 0.5) is 0 Å². The van der Waals surface area contributed by atoms with Crippen LogP contribution in [-0.2, 0) is 37.8 Å². The first-order valence-electron chi connectivity index (χ1n) is 12.3. The van der Waals surface area contributed by atoms with Crippen LogP contribution >= 0.6 is 0 Å². The molecule has 0 spiro atoms. The summed E-state index contributed by atoms with van der Waals surface area (Å²) in [6, 6.07) is 36.3. The van der Waals surface area contributed by atoms with E-state index in [1.54, 1.807) is 0 Å². The lowest BCUT2D eigenvalue weighted by molar-refractivity contribution is 0.0417. The third-order valence-corrected chi connectivity index (χ3v) is 7.12. The van der Waals surface area contributed by atoms with Gasteiger partial charge in [0, 0.05) is 13.1 Å². The molecule has 4 aliphatic rings. The van der Waals surface area contributed by atoms with E-state index in [4.69, 9.17) is 0 Å². The second-order valence-electron chi connectivity index (χ2n) is 9.68. The Kier molecular flexibility index (Phi) is 6.62. The second kappa shape index (κ2) is 9.97. The molecule has 0 fully saturated rings. The maximum absolute atomic E-state index is 12.0. The van der Waals surface area contributed by atoms with Gasteiger partial charge in [0.25, 0.3) is 0 Å². The molecule has 2 heteroatoms. The molecule has 0 heterocycles. The van der Waals surface area contributed by atoms with Crippen LogP contribution in [0.15, 0.2) is 103 Å². The molecule has 0 radical (unpaired) electrons. The van der Waals surface area contributed by atoms with E-state index in [1.807, 2.05) is 60.7 Å². The maximum Gasteiger partial charge on any atom is 0.127 e. The first-order chi connectivity index (χ1) is 16.6. The van der Waals surface area contributed by atoms with Crippen LogP contribution in [0.2, 0.25) is 0 Å². The molecule has 1 N–H and O–H groups in total. The molecule has 0 saturated carbocycles. The van der Waals surface area contributed by atoms with Crippen molar-refractivity contribution in [2.24, 2.45) is 0 Å². The monoisotopic (exact) mass is 447 g/mol. The number of hydrogen-bond donors (Lipinski definition) is 1. The minimum atomic E-state index is -1.07. The standard InChI is InChI=1S/C32H33NO/c1-33(24-32(34,30-8-4-2-5-9-30)31-10-6-3-7-11-31)23-29-22-27-17-16-25-12-14-26(15-13-25)18-20-28(29)21-19-27/h2-15,19,21-22,34H,16-18,20,23-24H2,1H3. The molecule has 0 atom stereocenters. The van der Waals surface area contributed by atoms with Crippen molar-refractivity contribution in [3.8, 4) is 0 Å². The van der Waals surface area contributed by atoms with Gasteiger partial charge in [0.05, 0.1) is 0 Å². The number of aryl methyl sites for hydroxylation is 4. The van der Waals surface area contributed by atoms with Gasteiger partial charge in [-0.1, -0.05) is 103 Å². The predicted molar refractivity (Wildman–Crippen MR) is 140 cm³/mol. The van der Waals surface area contributed by atoms with Crippen molar-refractivity contribution in [1.82, 2.24) is 4.90 Å². The maximum atomic E-state index is 12.0. The van der Waals surface area contributed by atoms with Gasteiger partial charge in [0.1, 0.15) is 5.60 Å². The lowest BCUT2D eigenvalue weighted by atomic mass is 9.85.